The highest BCUT2D eigenvalue weighted by Gasteiger charge is 2.30. The third kappa shape index (κ3) is 1.67. The van der Waals surface area contributed by atoms with E-state index in [1.165, 1.54) is 51.4 Å². The maximum atomic E-state index is 2.51. The highest BCUT2D eigenvalue weighted by Crippen LogP contribution is 2.41. The van der Waals surface area contributed by atoms with Gasteiger partial charge >= 0.3 is 0 Å². The van der Waals surface area contributed by atoms with Gasteiger partial charge in [0.1, 0.15) is 0 Å². The molecule has 0 aromatic carbocycles. The number of rotatable bonds is 2. The molecule has 0 N–H and O–H groups in total. The van der Waals surface area contributed by atoms with E-state index >= 15 is 0 Å². The summed E-state index contributed by atoms with van der Waals surface area (Å²) in [6, 6.07) is 0. The van der Waals surface area contributed by atoms with Crippen LogP contribution in [-0.2, 0) is 0 Å². The van der Waals surface area contributed by atoms with Gasteiger partial charge in [-0.3, -0.25) is 0 Å². The van der Waals surface area contributed by atoms with Crippen LogP contribution in [0.25, 0.3) is 0 Å². The van der Waals surface area contributed by atoms with Crippen LogP contribution in [0.1, 0.15) is 58.3 Å². The molecule has 0 nitrogen and oxygen atoms in total. The van der Waals surface area contributed by atoms with E-state index in [2.05, 4.69) is 6.92 Å². The molecule has 70 valence electrons. The molecular weight excluding hydrogens is 144 g/mol. The minimum atomic E-state index is 1.05. The topological polar surface area (TPSA) is 0 Å². The molecule has 12 heavy (non-hydrogen) atoms. The molecule has 0 heteroatoms. The van der Waals surface area contributed by atoms with Crippen LogP contribution in [0.3, 0.4) is 0 Å². The van der Waals surface area contributed by atoms with Gasteiger partial charge in [-0.1, -0.05) is 58.3 Å². The van der Waals surface area contributed by atoms with Crippen molar-refractivity contribution in [3.63, 3.8) is 0 Å². The van der Waals surface area contributed by atoms with Gasteiger partial charge in [-0.15, -0.1) is 0 Å². The molecule has 0 heterocycles. The average molecular weight is 166 g/mol. The fourth-order valence-corrected chi connectivity index (χ4v) is 3.01. The van der Waals surface area contributed by atoms with Crippen molar-refractivity contribution in [3.05, 3.63) is 0 Å². The molecule has 0 radical (unpaired) electrons. The zero-order chi connectivity index (χ0) is 8.39. The van der Waals surface area contributed by atoms with Gasteiger partial charge in [0.25, 0.3) is 0 Å². The minimum Gasteiger partial charge on any atom is -0.0620 e. The van der Waals surface area contributed by atoms with E-state index < -0.39 is 0 Å². The van der Waals surface area contributed by atoms with E-state index in [9.17, 15) is 0 Å². The normalized spacial score (nSPS) is 29.8. The van der Waals surface area contributed by atoms with E-state index in [1.54, 1.807) is 0 Å². The highest BCUT2D eigenvalue weighted by atomic mass is 14.4. The smallest absolute Gasteiger partial charge is 0.0386 e. The fourth-order valence-electron chi connectivity index (χ4n) is 3.01. The Morgan fingerprint density at radius 1 is 0.750 bits per heavy atom. The molecule has 0 aromatic heterocycles. The van der Waals surface area contributed by atoms with Crippen LogP contribution in [0.15, 0.2) is 0 Å². The standard InChI is InChI=1S/C12H22/c1-10(12-8-5-9-12)11-6-3-2-4-7-11/h10-12H,2-9H2,1H3. The minimum absolute atomic E-state index is 1.05. The zero-order valence-electron chi connectivity index (χ0n) is 8.39. The average Bonchev–Trinajstić information content (AvgIpc) is 2.03. The first-order valence-corrected chi connectivity index (χ1v) is 5.88. The molecule has 0 bridgehead atoms. The van der Waals surface area contributed by atoms with Crippen LogP contribution in [0.4, 0.5) is 0 Å². The second-order valence-corrected chi connectivity index (χ2v) is 4.95. The van der Waals surface area contributed by atoms with Gasteiger partial charge in [-0.25, -0.2) is 0 Å². The predicted molar refractivity (Wildman–Crippen MR) is 53.1 cm³/mol. The van der Waals surface area contributed by atoms with E-state index in [4.69, 9.17) is 0 Å². The van der Waals surface area contributed by atoms with Crippen LogP contribution < -0.4 is 0 Å². The summed E-state index contributed by atoms with van der Waals surface area (Å²) in [6.07, 6.45) is 12.2. The van der Waals surface area contributed by atoms with Crippen molar-refractivity contribution in [3.8, 4) is 0 Å². The van der Waals surface area contributed by atoms with Crippen LogP contribution >= 0.6 is 0 Å². The van der Waals surface area contributed by atoms with Crippen LogP contribution in [-0.4, -0.2) is 0 Å². The number of hydrogen-bond acceptors (Lipinski definition) is 0. The van der Waals surface area contributed by atoms with Gasteiger partial charge in [0.05, 0.1) is 0 Å². The molecule has 0 saturated heterocycles. The lowest BCUT2D eigenvalue weighted by Gasteiger charge is -2.38. The third-order valence-corrected chi connectivity index (χ3v) is 4.29. The van der Waals surface area contributed by atoms with Gasteiger partial charge in [0.2, 0.25) is 0 Å². The van der Waals surface area contributed by atoms with Gasteiger partial charge in [-0.2, -0.15) is 0 Å². The molecule has 0 aromatic rings. The van der Waals surface area contributed by atoms with Crippen LogP contribution in [0.5, 0.6) is 0 Å². The summed E-state index contributed by atoms with van der Waals surface area (Å²) in [7, 11) is 0. The molecule has 2 rings (SSSR count). The molecule has 2 fully saturated rings. The Bertz CT molecular complexity index is 129. The first kappa shape index (κ1) is 8.59. The number of hydrogen-bond donors (Lipinski definition) is 0. The SMILES string of the molecule is CC(C1CCCCC1)C1CCC1. The summed E-state index contributed by atoms with van der Waals surface area (Å²) in [5.41, 5.74) is 0. The predicted octanol–water partition coefficient (Wildman–Crippen LogP) is 4.00. The maximum absolute atomic E-state index is 2.51. The van der Waals surface area contributed by atoms with Crippen molar-refractivity contribution in [2.24, 2.45) is 17.8 Å². The first-order chi connectivity index (χ1) is 5.88. The lowest BCUT2D eigenvalue weighted by Crippen LogP contribution is -2.27. The van der Waals surface area contributed by atoms with Crippen molar-refractivity contribution in [2.75, 3.05) is 0 Å². The van der Waals surface area contributed by atoms with Gasteiger partial charge in [0.15, 0.2) is 0 Å². The Labute approximate surface area is 76.7 Å². The van der Waals surface area contributed by atoms with Crippen molar-refractivity contribution < 1.29 is 0 Å². The summed E-state index contributed by atoms with van der Waals surface area (Å²) in [5, 5.41) is 0. The van der Waals surface area contributed by atoms with E-state index in [0.29, 0.717) is 0 Å². The van der Waals surface area contributed by atoms with Crippen molar-refractivity contribution in [1.82, 2.24) is 0 Å². The molecule has 2 saturated carbocycles. The Kier molecular flexibility index (Phi) is 2.73. The summed E-state index contributed by atoms with van der Waals surface area (Å²) < 4.78 is 0. The van der Waals surface area contributed by atoms with Crippen molar-refractivity contribution >= 4 is 0 Å². The molecule has 0 spiro atoms. The van der Waals surface area contributed by atoms with Gasteiger partial charge in [-0.05, 0) is 17.8 Å². The molecular formula is C12H22. The van der Waals surface area contributed by atoms with Gasteiger partial charge in [0, 0.05) is 0 Å². The lowest BCUT2D eigenvalue weighted by molar-refractivity contribution is 0.131. The summed E-state index contributed by atoms with van der Waals surface area (Å²) in [4.78, 5) is 0. The Morgan fingerprint density at radius 2 is 1.25 bits per heavy atom. The highest BCUT2D eigenvalue weighted by molar-refractivity contribution is 4.81. The second-order valence-electron chi connectivity index (χ2n) is 4.95. The molecule has 0 aliphatic heterocycles. The van der Waals surface area contributed by atoms with Crippen molar-refractivity contribution in [2.45, 2.75) is 58.3 Å². The van der Waals surface area contributed by atoms with E-state index in [1.807, 2.05) is 0 Å². The molecule has 2 aliphatic carbocycles. The Balaban J connectivity index is 1.80. The fraction of sp³-hybridized carbons (Fsp3) is 1.00. The summed E-state index contributed by atoms with van der Waals surface area (Å²) in [6.45, 7) is 2.51. The van der Waals surface area contributed by atoms with Crippen molar-refractivity contribution in [1.29, 1.82) is 0 Å². The van der Waals surface area contributed by atoms with Gasteiger partial charge < -0.3 is 0 Å². The Hall–Kier alpha value is 0. The molecule has 1 unspecified atom stereocenters. The largest absolute Gasteiger partial charge is 0.0620 e. The van der Waals surface area contributed by atoms with Crippen LogP contribution in [0, 0.1) is 17.8 Å². The third-order valence-electron chi connectivity index (χ3n) is 4.29. The van der Waals surface area contributed by atoms with Crippen LogP contribution in [0.2, 0.25) is 0 Å². The summed E-state index contributed by atoms with van der Waals surface area (Å²) in [5.74, 6) is 3.27. The Morgan fingerprint density at radius 3 is 1.67 bits per heavy atom. The van der Waals surface area contributed by atoms with E-state index in [0.717, 1.165) is 17.8 Å². The maximum Gasteiger partial charge on any atom is -0.0386 e. The summed E-state index contributed by atoms with van der Waals surface area (Å²) >= 11 is 0. The van der Waals surface area contributed by atoms with E-state index in [-0.39, 0.29) is 0 Å². The first-order valence-electron chi connectivity index (χ1n) is 5.88. The molecule has 1 atom stereocenters. The lowest BCUT2D eigenvalue weighted by atomic mass is 9.68. The quantitative estimate of drug-likeness (QED) is 0.581. The zero-order valence-corrected chi connectivity index (χ0v) is 8.39. The second kappa shape index (κ2) is 3.81. The molecule has 0 amide bonds. The monoisotopic (exact) mass is 166 g/mol. The molecule has 2 aliphatic rings.